The van der Waals surface area contributed by atoms with E-state index in [4.69, 9.17) is 0 Å². The van der Waals surface area contributed by atoms with E-state index in [2.05, 4.69) is 39.0 Å². The van der Waals surface area contributed by atoms with E-state index < -0.39 is 0 Å². The zero-order valence-corrected chi connectivity index (χ0v) is 19.4. The summed E-state index contributed by atoms with van der Waals surface area (Å²) in [6, 6.07) is 9.67. The predicted octanol–water partition coefficient (Wildman–Crippen LogP) is 2.62. The molecule has 0 fully saturated rings. The quantitative estimate of drug-likeness (QED) is 0.226. The first kappa shape index (κ1) is 23.9. The van der Waals surface area contributed by atoms with Gasteiger partial charge < -0.3 is 16.0 Å². The highest BCUT2D eigenvalue weighted by molar-refractivity contribution is 14.0. The van der Waals surface area contributed by atoms with E-state index in [0.717, 1.165) is 36.7 Å². The van der Waals surface area contributed by atoms with Crippen LogP contribution in [0, 0.1) is 13.8 Å². The maximum absolute atomic E-state index is 11.8. The number of rotatable bonds is 8. The third-order valence-corrected chi connectivity index (χ3v) is 4.18. The maximum Gasteiger partial charge on any atom is 0.251 e. The Bertz CT molecular complexity index is 770. The molecule has 154 valence electrons. The number of aromatic nitrogens is 2. The van der Waals surface area contributed by atoms with Crippen molar-refractivity contribution in [2.75, 3.05) is 20.1 Å². The normalized spacial score (nSPS) is 10.9. The second-order valence-electron chi connectivity index (χ2n) is 6.41. The summed E-state index contributed by atoms with van der Waals surface area (Å²) in [6.45, 7) is 8.96. The molecule has 0 atom stereocenters. The number of halogens is 1. The lowest BCUT2D eigenvalue weighted by atomic mass is 10.1. The molecule has 0 bridgehead atoms. The summed E-state index contributed by atoms with van der Waals surface area (Å²) in [5.74, 6) is 0.716. The van der Waals surface area contributed by atoms with Gasteiger partial charge in [0.25, 0.3) is 5.91 Å². The maximum atomic E-state index is 11.8. The number of carbonyl (C=O) groups excluding carboxylic acids is 1. The molecule has 3 N–H and O–H groups in total. The summed E-state index contributed by atoms with van der Waals surface area (Å²) < 4.78 is 2.03. The fourth-order valence-electron chi connectivity index (χ4n) is 2.78. The topological polar surface area (TPSA) is 83.3 Å². The molecule has 0 saturated heterocycles. The highest BCUT2D eigenvalue weighted by Gasteiger charge is 2.04. The Morgan fingerprint density at radius 1 is 1.14 bits per heavy atom. The first-order valence-electron chi connectivity index (χ1n) is 9.36. The summed E-state index contributed by atoms with van der Waals surface area (Å²) in [5.41, 5.74) is 4.00. The van der Waals surface area contributed by atoms with Crippen molar-refractivity contribution in [3.8, 4) is 0 Å². The van der Waals surface area contributed by atoms with Gasteiger partial charge in [-0.1, -0.05) is 12.1 Å². The summed E-state index contributed by atoms with van der Waals surface area (Å²) in [5, 5.41) is 13.9. The van der Waals surface area contributed by atoms with Gasteiger partial charge in [-0.05, 0) is 51.0 Å². The Morgan fingerprint density at radius 2 is 1.86 bits per heavy atom. The summed E-state index contributed by atoms with van der Waals surface area (Å²) in [7, 11) is 1.76. The lowest BCUT2D eigenvalue weighted by molar-refractivity contribution is 0.0956. The number of hydrogen-bond acceptors (Lipinski definition) is 3. The van der Waals surface area contributed by atoms with Crippen LogP contribution in [0.5, 0.6) is 0 Å². The van der Waals surface area contributed by atoms with Crippen LogP contribution in [0.15, 0.2) is 35.3 Å². The second-order valence-corrected chi connectivity index (χ2v) is 6.41. The summed E-state index contributed by atoms with van der Waals surface area (Å²) >= 11 is 0. The number of aryl methyl sites for hydroxylation is 3. The predicted molar refractivity (Wildman–Crippen MR) is 124 cm³/mol. The SMILES string of the molecule is CCNC(=O)c1ccc(CNC(=NC)NCCCn2nc(C)cc2C)cc1.I. The van der Waals surface area contributed by atoms with E-state index in [9.17, 15) is 4.79 Å². The van der Waals surface area contributed by atoms with Crippen LogP contribution in [0.3, 0.4) is 0 Å². The van der Waals surface area contributed by atoms with E-state index in [1.54, 1.807) is 7.05 Å². The molecular weight excluding hydrogens is 467 g/mol. The molecular formula is C20H31IN6O. The number of benzene rings is 1. The molecule has 1 aromatic carbocycles. The van der Waals surface area contributed by atoms with Crippen LogP contribution in [0.4, 0.5) is 0 Å². The van der Waals surface area contributed by atoms with Gasteiger partial charge in [-0.15, -0.1) is 24.0 Å². The molecule has 0 aliphatic rings. The van der Waals surface area contributed by atoms with E-state index in [1.165, 1.54) is 5.69 Å². The highest BCUT2D eigenvalue weighted by Crippen LogP contribution is 2.04. The van der Waals surface area contributed by atoms with Crippen LogP contribution >= 0.6 is 24.0 Å². The average Bonchev–Trinajstić information content (AvgIpc) is 2.99. The van der Waals surface area contributed by atoms with Gasteiger partial charge >= 0.3 is 0 Å². The number of amides is 1. The van der Waals surface area contributed by atoms with Gasteiger partial charge in [-0.25, -0.2) is 0 Å². The van der Waals surface area contributed by atoms with Crippen molar-refractivity contribution in [3.05, 3.63) is 52.8 Å². The van der Waals surface area contributed by atoms with Gasteiger partial charge in [0.1, 0.15) is 0 Å². The van der Waals surface area contributed by atoms with Crippen molar-refractivity contribution in [1.82, 2.24) is 25.7 Å². The molecule has 0 unspecified atom stereocenters. The zero-order chi connectivity index (χ0) is 19.6. The van der Waals surface area contributed by atoms with Crippen LogP contribution in [0.1, 0.15) is 40.7 Å². The number of carbonyl (C=O) groups is 1. The van der Waals surface area contributed by atoms with Gasteiger partial charge in [0.05, 0.1) is 5.69 Å². The van der Waals surface area contributed by atoms with E-state index in [0.29, 0.717) is 18.7 Å². The number of hydrogen-bond donors (Lipinski definition) is 3. The largest absolute Gasteiger partial charge is 0.356 e. The van der Waals surface area contributed by atoms with Crippen molar-refractivity contribution < 1.29 is 4.79 Å². The van der Waals surface area contributed by atoms with Crippen molar-refractivity contribution in [2.45, 2.75) is 40.3 Å². The van der Waals surface area contributed by atoms with Crippen molar-refractivity contribution in [3.63, 3.8) is 0 Å². The van der Waals surface area contributed by atoms with Crippen molar-refractivity contribution in [2.24, 2.45) is 4.99 Å². The molecule has 8 heteroatoms. The minimum Gasteiger partial charge on any atom is -0.356 e. The molecule has 1 aromatic heterocycles. The molecule has 0 radical (unpaired) electrons. The van der Waals surface area contributed by atoms with Gasteiger partial charge in [-0.3, -0.25) is 14.5 Å². The highest BCUT2D eigenvalue weighted by atomic mass is 127. The summed E-state index contributed by atoms with van der Waals surface area (Å²) in [4.78, 5) is 16.0. The van der Waals surface area contributed by atoms with Gasteiger partial charge in [-0.2, -0.15) is 5.10 Å². The van der Waals surface area contributed by atoms with Gasteiger partial charge in [0.15, 0.2) is 5.96 Å². The molecule has 1 heterocycles. The third-order valence-electron chi connectivity index (χ3n) is 4.18. The fraction of sp³-hybridized carbons (Fsp3) is 0.450. The number of guanidine groups is 1. The average molecular weight is 498 g/mol. The van der Waals surface area contributed by atoms with E-state index >= 15 is 0 Å². The first-order chi connectivity index (χ1) is 13.0. The lowest BCUT2D eigenvalue weighted by Crippen LogP contribution is -2.37. The van der Waals surface area contributed by atoms with Crippen LogP contribution in [-0.4, -0.2) is 41.8 Å². The third kappa shape index (κ3) is 7.49. The molecule has 0 aliphatic carbocycles. The smallest absolute Gasteiger partial charge is 0.251 e. The van der Waals surface area contributed by atoms with Crippen LogP contribution in [-0.2, 0) is 13.1 Å². The Morgan fingerprint density at radius 3 is 2.43 bits per heavy atom. The van der Waals surface area contributed by atoms with Crippen LogP contribution in [0.2, 0.25) is 0 Å². The van der Waals surface area contributed by atoms with E-state index in [1.807, 2.05) is 42.8 Å². The van der Waals surface area contributed by atoms with Crippen LogP contribution in [0.25, 0.3) is 0 Å². The van der Waals surface area contributed by atoms with E-state index in [-0.39, 0.29) is 29.9 Å². The van der Waals surface area contributed by atoms with Crippen molar-refractivity contribution >= 4 is 35.8 Å². The molecule has 2 aromatic rings. The lowest BCUT2D eigenvalue weighted by Gasteiger charge is -2.12. The molecule has 7 nitrogen and oxygen atoms in total. The summed E-state index contributed by atoms with van der Waals surface area (Å²) in [6.07, 6.45) is 0.962. The minimum atomic E-state index is -0.0444. The van der Waals surface area contributed by atoms with Gasteiger partial charge in [0, 0.05) is 44.5 Å². The minimum absolute atomic E-state index is 0. The standard InChI is InChI=1S/C20H30N6O.HI/c1-5-22-19(27)18-9-7-17(8-10-18)14-24-20(21-4)23-11-6-12-26-16(3)13-15(2)25-26;/h7-10,13H,5-6,11-12,14H2,1-4H3,(H,22,27)(H2,21,23,24);1H. The Labute approximate surface area is 184 Å². The molecule has 0 saturated carbocycles. The first-order valence-corrected chi connectivity index (χ1v) is 9.36. The number of aliphatic imine (C=N–C) groups is 1. The Balaban J connectivity index is 0.00000392. The number of nitrogens with zero attached hydrogens (tertiary/aromatic N) is 3. The number of nitrogens with one attached hydrogen (secondary N) is 3. The zero-order valence-electron chi connectivity index (χ0n) is 17.1. The molecule has 1 amide bonds. The monoisotopic (exact) mass is 498 g/mol. The molecule has 28 heavy (non-hydrogen) atoms. The van der Waals surface area contributed by atoms with Crippen LogP contribution < -0.4 is 16.0 Å². The fourth-order valence-corrected chi connectivity index (χ4v) is 2.78. The Kier molecular flexibility index (Phi) is 10.6. The molecule has 0 aliphatic heterocycles. The molecule has 2 rings (SSSR count). The Hall–Kier alpha value is -2.10. The molecule has 0 spiro atoms. The second kappa shape index (κ2) is 12.4. The van der Waals surface area contributed by atoms with Gasteiger partial charge in [0.2, 0.25) is 0 Å². The van der Waals surface area contributed by atoms with Crippen molar-refractivity contribution in [1.29, 1.82) is 0 Å².